The van der Waals surface area contributed by atoms with Crippen LogP contribution in [0.4, 0.5) is 11.4 Å². The van der Waals surface area contributed by atoms with Crippen LogP contribution in [0.1, 0.15) is 44.9 Å². The van der Waals surface area contributed by atoms with Gasteiger partial charge in [-0.25, -0.2) is 0 Å². The van der Waals surface area contributed by atoms with Gasteiger partial charge in [0, 0.05) is 6.61 Å². The number of hydrogen-bond acceptors (Lipinski definition) is 5. The van der Waals surface area contributed by atoms with E-state index in [0.717, 1.165) is 37.3 Å². The Morgan fingerprint density at radius 2 is 1.15 bits per heavy atom. The zero-order valence-corrected chi connectivity index (χ0v) is 15.2. The fourth-order valence-electron chi connectivity index (χ4n) is 2.53. The number of unbranched alkanes of at least 4 members (excludes halogenated alkanes) is 6. The van der Waals surface area contributed by atoms with Crippen LogP contribution in [0.3, 0.4) is 0 Å². The fourth-order valence-corrected chi connectivity index (χ4v) is 2.53. The molecule has 0 amide bonds. The number of aromatic hydroxyl groups is 1. The third kappa shape index (κ3) is 8.12. The Labute approximate surface area is 155 Å². The first kappa shape index (κ1) is 19.9. The maximum absolute atomic E-state index is 9.24. The molecule has 0 saturated heterocycles. The molecular weight excluding hydrogens is 328 g/mol. The van der Waals surface area contributed by atoms with E-state index >= 15 is 0 Å². The van der Waals surface area contributed by atoms with E-state index in [4.69, 9.17) is 9.84 Å². The summed E-state index contributed by atoms with van der Waals surface area (Å²) in [5, 5.41) is 26.3. The summed E-state index contributed by atoms with van der Waals surface area (Å²) in [6.45, 7) is 1.04. The van der Waals surface area contributed by atoms with Crippen molar-refractivity contribution in [3.8, 4) is 11.5 Å². The lowest BCUT2D eigenvalue weighted by atomic mass is 10.1. The van der Waals surface area contributed by atoms with E-state index in [1.165, 1.54) is 25.7 Å². The fraction of sp³-hybridized carbons (Fsp3) is 0.429. The van der Waals surface area contributed by atoms with E-state index < -0.39 is 0 Å². The molecule has 5 nitrogen and oxygen atoms in total. The first-order chi connectivity index (χ1) is 12.8. The SMILES string of the molecule is OCCCCCCCCCOc1ccc(N=Nc2ccc(O)cc2)cc1. The maximum atomic E-state index is 9.24. The summed E-state index contributed by atoms with van der Waals surface area (Å²) in [4.78, 5) is 0. The number of azo groups is 1. The Hall–Kier alpha value is -2.40. The van der Waals surface area contributed by atoms with E-state index in [0.29, 0.717) is 12.3 Å². The first-order valence-electron chi connectivity index (χ1n) is 9.32. The van der Waals surface area contributed by atoms with Crippen LogP contribution in [-0.2, 0) is 0 Å². The van der Waals surface area contributed by atoms with Crippen LogP contribution >= 0.6 is 0 Å². The molecule has 2 rings (SSSR count). The van der Waals surface area contributed by atoms with Crippen LogP contribution in [0.5, 0.6) is 11.5 Å². The number of ether oxygens (including phenoxy) is 1. The summed E-state index contributed by atoms with van der Waals surface area (Å²) >= 11 is 0. The van der Waals surface area contributed by atoms with Crippen molar-refractivity contribution in [3.05, 3.63) is 48.5 Å². The summed E-state index contributed by atoms with van der Waals surface area (Å²) in [6.07, 6.45) is 7.96. The summed E-state index contributed by atoms with van der Waals surface area (Å²) in [6, 6.07) is 14.1. The summed E-state index contributed by atoms with van der Waals surface area (Å²) < 4.78 is 5.75. The van der Waals surface area contributed by atoms with Crippen LogP contribution < -0.4 is 4.74 Å². The quantitative estimate of drug-likeness (QED) is 0.367. The van der Waals surface area contributed by atoms with Gasteiger partial charge in [0.25, 0.3) is 0 Å². The zero-order chi connectivity index (χ0) is 18.5. The molecule has 0 fully saturated rings. The second-order valence-electron chi connectivity index (χ2n) is 6.26. The molecule has 2 N–H and O–H groups in total. The second kappa shape index (κ2) is 12.0. The van der Waals surface area contributed by atoms with Crippen molar-refractivity contribution in [3.63, 3.8) is 0 Å². The molecule has 0 aliphatic heterocycles. The molecule has 0 aromatic heterocycles. The largest absolute Gasteiger partial charge is 0.508 e. The molecule has 5 heteroatoms. The van der Waals surface area contributed by atoms with Crippen LogP contribution in [-0.4, -0.2) is 23.4 Å². The van der Waals surface area contributed by atoms with Gasteiger partial charge in [-0.05, 0) is 61.4 Å². The molecule has 0 aliphatic rings. The van der Waals surface area contributed by atoms with Gasteiger partial charge in [0.15, 0.2) is 0 Å². The minimum absolute atomic E-state index is 0.215. The van der Waals surface area contributed by atoms with Crippen LogP contribution in [0.2, 0.25) is 0 Å². The molecule has 0 atom stereocenters. The van der Waals surface area contributed by atoms with Gasteiger partial charge in [-0.15, -0.1) is 0 Å². The Kier molecular flexibility index (Phi) is 9.22. The van der Waals surface area contributed by atoms with Crippen molar-refractivity contribution in [1.29, 1.82) is 0 Å². The molecule has 26 heavy (non-hydrogen) atoms. The minimum atomic E-state index is 0.215. The highest BCUT2D eigenvalue weighted by Gasteiger charge is 1.97. The second-order valence-corrected chi connectivity index (χ2v) is 6.26. The summed E-state index contributed by atoms with van der Waals surface area (Å²) in [5.41, 5.74) is 1.45. The van der Waals surface area contributed by atoms with Crippen molar-refractivity contribution < 1.29 is 14.9 Å². The lowest BCUT2D eigenvalue weighted by molar-refractivity contribution is 0.281. The molecule has 0 bridgehead atoms. The number of aliphatic hydroxyl groups is 1. The molecular formula is C21H28N2O3. The lowest BCUT2D eigenvalue weighted by Gasteiger charge is -2.06. The minimum Gasteiger partial charge on any atom is -0.508 e. The molecule has 0 saturated carbocycles. The number of nitrogens with zero attached hydrogens (tertiary/aromatic N) is 2. The number of aliphatic hydroxyl groups excluding tert-OH is 1. The predicted molar refractivity (Wildman–Crippen MR) is 104 cm³/mol. The van der Waals surface area contributed by atoms with E-state index in [9.17, 15) is 5.11 Å². The monoisotopic (exact) mass is 356 g/mol. The molecule has 0 heterocycles. The van der Waals surface area contributed by atoms with E-state index in [1.54, 1.807) is 24.3 Å². The first-order valence-corrected chi connectivity index (χ1v) is 9.32. The zero-order valence-electron chi connectivity index (χ0n) is 15.2. The smallest absolute Gasteiger partial charge is 0.119 e. The van der Waals surface area contributed by atoms with Crippen molar-refractivity contribution in [2.45, 2.75) is 44.9 Å². The van der Waals surface area contributed by atoms with E-state index in [1.807, 2.05) is 24.3 Å². The van der Waals surface area contributed by atoms with Gasteiger partial charge in [0.05, 0.1) is 18.0 Å². The van der Waals surface area contributed by atoms with Gasteiger partial charge in [0.1, 0.15) is 11.5 Å². The third-order valence-electron chi connectivity index (χ3n) is 4.04. The Morgan fingerprint density at radius 3 is 1.73 bits per heavy atom. The van der Waals surface area contributed by atoms with Crippen LogP contribution in [0.15, 0.2) is 58.8 Å². The number of benzene rings is 2. The van der Waals surface area contributed by atoms with Gasteiger partial charge in [0.2, 0.25) is 0 Å². The molecule has 0 aliphatic carbocycles. The van der Waals surface area contributed by atoms with Crippen molar-refractivity contribution in [2.75, 3.05) is 13.2 Å². The number of phenols is 1. The summed E-state index contributed by atoms with van der Waals surface area (Å²) in [5.74, 6) is 1.06. The standard InChI is InChI=1S/C21H28N2O3/c24-16-6-4-2-1-3-5-7-17-26-21-14-10-19(11-15-21)23-22-18-8-12-20(25)13-9-18/h8-15,24-25H,1-7,16-17H2. The van der Waals surface area contributed by atoms with Crippen molar-refractivity contribution in [1.82, 2.24) is 0 Å². The maximum Gasteiger partial charge on any atom is 0.119 e. The average molecular weight is 356 g/mol. The van der Waals surface area contributed by atoms with E-state index in [-0.39, 0.29) is 5.75 Å². The average Bonchev–Trinajstić information content (AvgIpc) is 2.67. The number of hydrogen-bond donors (Lipinski definition) is 2. The van der Waals surface area contributed by atoms with Crippen LogP contribution in [0, 0.1) is 0 Å². The third-order valence-corrected chi connectivity index (χ3v) is 4.04. The number of rotatable bonds is 12. The van der Waals surface area contributed by atoms with Crippen LogP contribution in [0.25, 0.3) is 0 Å². The normalized spacial score (nSPS) is 11.1. The van der Waals surface area contributed by atoms with Gasteiger partial charge in [-0.1, -0.05) is 32.1 Å². The lowest BCUT2D eigenvalue weighted by Crippen LogP contribution is -1.97. The van der Waals surface area contributed by atoms with Crippen molar-refractivity contribution in [2.24, 2.45) is 10.2 Å². The molecule has 2 aromatic rings. The van der Waals surface area contributed by atoms with Gasteiger partial charge < -0.3 is 14.9 Å². The van der Waals surface area contributed by atoms with Gasteiger partial charge in [-0.3, -0.25) is 0 Å². The molecule has 0 unspecified atom stereocenters. The molecule has 140 valence electrons. The molecule has 0 radical (unpaired) electrons. The Balaban J connectivity index is 1.62. The number of phenolic OH excluding ortho intramolecular Hbond substituents is 1. The molecule has 0 spiro atoms. The topological polar surface area (TPSA) is 74.4 Å². The molecule has 2 aromatic carbocycles. The van der Waals surface area contributed by atoms with E-state index in [2.05, 4.69) is 10.2 Å². The van der Waals surface area contributed by atoms with Gasteiger partial charge in [-0.2, -0.15) is 10.2 Å². The Morgan fingerprint density at radius 1 is 0.654 bits per heavy atom. The predicted octanol–water partition coefficient (Wildman–Crippen LogP) is 5.91. The summed E-state index contributed by atoms with van der Waals surface area (Å²) in [7, 11) is 0. The van der Waals surface area contributed by atoms with Crippen molar-refractivity contribution >= 4 is 11.4 Å². The highest BCUT2D eigenvalue weighted by atomic mass is 16.5. The Bertz CT molecular complexity index is 639. The van der Waals surface area contributed by atoms with Gasteiger partial charge >= 0.3 is 0 Å². The highest BCUT2D eigenvalue weighted by molar-refractivity contribution is 5.43. The highest BCUT2D eigenvalue weighted by Crippen LogP contribution is 2.22.